The van der Waals surface area contributed by atoms with Crippen LogP contribution in [0.5, 0.6) is 0 Å². The van der Waals surface area contributed by atoms with E-state index in [0.717, 1.165) is 23.2 Å². The van der Waals surface area contributed by atoms with E-state index < -0.39 is 10.0 Å². The number of aromatic nitrogens is 1. The molecular formula is C26H32N4O2S2. The Morgan fingerprint density at radius 3 is 2.50 bits per heavy atom. The maximum Gasteiger partial charge on any atom is 0.243 e. The van der Waals surface area contributed by atoms with Crippen LogP contribution in [0.3, 0.4) is 0 Å². The van der Waals surface area contributed by atoms with Crippen LogP contribution in [0.2, 0.25) is 0 Å². The van der Waals surface area contributed by atoms with Gasteiger partial charge < -0.3 is 0 Å². The number of hydrogen-bond acceptors (Lipinski definition) is 6. The molecule has 1 aliphatic rings. The molecule has 1 saturated heterocycles. The molecule has 180 valence electrons. The minimum Gasteiger partial charge on any atom is -0.253 e. The third-order valence-electron chi connectivity index (χ3n) is 6.08. The van der Waals surface area contributed by atoms with Gasteiger partial charge in [0.05, 0.1) is 16.8 Å². The first-order valence-corrected chi connectivity index (χ1v) is 14.0. The lowest BCUT2D eigenvalue weighted by Gasteiger charge is -2.34. The average Bonchev–Trinajstić information content (AvgIpc) is 3.28. The number of thiazole rings is 1. The summed E-state index contributed by atoms with van der Waals surface area (Å²) in [6.07, 6.45) is 2.82. The van der Waals surface area contributed by atoms with Gasteiger partial charge in [-0.2, -0.15) is 9.41 Å². The molecule has 0 radical (unpaired) electrons. The molecule has 0 amide bonds. The van der Waals surface area contributed by atoms with Crippen molar-refractivity contribution in [3.63, 3.8) is 0 Å². The molecule has 0 saturated carbocycles. The molecule has 1 aliphatic heterocycles. The van der Waals surface area contributed by atoms with Crippen molar-refractivity contribution in [3.05, 3.63) is 65.0 Å². The summed E-state index contributed by atoms with van der Waals surface area (Å²) >= 11 is 1.43. The highest BCUT2D eigenvalue weighted by Gasteiger charge is 2.31. The molecule has 2 unspecified atom stereocenters. The minimum absolute atomic E-state index is 0.316. The summed E-state index contributed by atoms with van der Waals surface area (Å²) in [6, 6.07) is 15.4. The SMILES string of the molecule is CC1CC(C)CN(S(=O)(=O)c2cccc(-c3csc(NN=Cc4ccc(C(C)C)cc4)n3)c2)C1. The minimum atomic E-state index is -3.54. The number of benzene rings is 2. The molecule has 8 heteroatoms. The topological polar surface area (TPSA) is 74.7 Å². The molecule has 6 nitrogen and oxygen atoms in total. The molecule has 2 aromatic carbocycles. The normalized spacial score (nSPS) is 19.7. The lowest BCUT2D eigenvalue weighted by Crippen LogP contribution is -2.42. The first-order chi connectivity index (χ1) is 16.2. The van der Waals surface area contributed by atoms with Gasteiger partial charge in [-0.1, -0.05) is 64.1 Å². The number of sulfonamides is 1. The van der Waals surface area contributed by atoms with Gasteiger partial charge >= 0.3 is 0 Å². The quantitative estimate of drug-likeness (QED) is 0.319. The van der Waals surface area contributed by atoms with E-state index in [1.54, 1.807) is 28.7 Å². The van der Waals surface area contributed by atoms with Gasteiger partial charge in [-0.05, 0) is 47.4 Å². The number of anilines is 1. The Hall–Kier alpha value is -2.55. The highest BCUT2D eigenvalue weighted by Crippen LogP contribution is 2.30. The second-order valence-corrected chi connectivity index (χ2v) is 12.3. The van der Waals surface area contributed by atoms with E-state index in [-0.39, 0.29) is 0 Å². The maximum atomic E-state index is 13.3. The third kappa shape index (κ3) is 5.74. The fraction of sp³-hybridized carbons (Fsp3) is 0.385. The molecule has 0 spiro atoms. The Kier molecular flexibility index (Phi) is 7.50. The van der Waals surface area contributed by atoms with Crippen molar-refractivity contribution in [2.75, 3.05) is 18.5 Å². The molecule has 3 aromatic rings. The molecule has 0 bridgehead atoms. The maximum absolute atomic E-state index is 13.3. The Morgan fingerprint density at radius 2 is 1.82 bits per heavy atom. The summed E-state index contributed by atoms with van der Waals surface area (Å²) in [5, 5.41) is 6.85. The number of rotatable bonds is 7. The largest absolute Gasteiger partial charge is 0.253 e. The van der Waals surface area contributed by atoms with Crippen LogP contribution in [-0.4, -0.2) is 37.0 Å². The first-order valence-electron chi connectivity index (χ1n) is 11.7. The molecule has 4 rings (SSSR count). The Balaban J connectivity index is 1.46. The van der Waals surface area contributed by atoms with E-state index in [0.29, 0.717) is 40.9 Å². The smallest absolute Gasteiger partial charge is 0.243 e. The molecule has 0 aliphatic carbocycles. The van der Waals surface area contributed by atoms with Crippen molar-refractivity contribution in [1.29, 1.82) is 0 Å². The first kappa shape index (κ1) is 24.6. The molecule has 2 atom stereocenters. The predicted octanol–water partition coefficient (Wildman–Crippen LogP) is 6.05. The Morgan fingerprint density at radius 1 is 1.12 bits per heavy atom. The van der Waals surface area contributed by atoms with E-state index in [2.05, 4.69) is 55.3 Å². The van der Waals surface area contributed by atoms with E-state index in [4.69, 9.17) is 0 Å². The fourth-order valence-corrected chi connectivity index (χ4v) is 6.75. The summed E-state index contributed by atoms with van der Waals surface area (Å²) < 4.78 is 28.2. The second kappa shape index (κ2) is 10.4. The fourth-order valence-electron chi connectivity index (χ4n) is 4.35. The number of nitrogens with one attached hydrogen (secondary N) is 1. The van der Waals surface area contributed by atoms with Crippen LogP contribution in [0.4, 0.5) is 5.13 Å². The summed E-state index contributed by atoms with van der Waals surface area (Å²) in [5.41, 5.74) is 6.78. The Bertz CT molecular complexity index is 1240. The number of piperidine rings is 1. The van der Waals surface area contributed by atoms with Crippen molar-refractivity contribution < 1.29 is 8.42 Å². The van der Waals surface area contributed by atoms with Gasteiger partial charge in [-0.15, -0.1) is 11.3 Å². The second-order valence-electron chi connectivity index (χ2n) is 9.53. The van der Waals surface area contributed by atoms with Crippen LogP contribution >= 0.6 is 11.3 Å². The van der Waals surface area contributed by atoms with E-state index in [1.165, 1.54) is 16.9 Å². The van der Waals surface area contributed by atoms with Crippen molar-refractivity contribution in [2.45, 2.75) is 44.9 Å². The van der Waals surface area contributed by atoms with Crippen LogP contribution in [0.1, 0.15) is 51.2 Å². The van der Waals surface area contributed by atoms with Crippen LogP contribution in [0, 0.1) is 11.8 Å². The standard InChI is InChI=1S/C26H32N4O2S2/c1-18(2)22-10-8-21(9-11-22)14-27-29-26-28-25(17-33-26)23-6-5-7-24(13-23)34(31,32)30-15-19(3)12-20(4)16-30/h5-11,13-14,17-20H,12,15-16H2,1-4H3,(H,28,29). The van der Waals surface area contributed by atoms with Gasteiger partial charge in [-0.25, -0.2) is 13.4 Å². The lowest BCUT2D eigenvalue weighted by atomic mass is 9.94. The molecule has 1 aromatic heterocycles. The van der Waals surface area contributed by atoms with Crippen molar-refractivity contribution in [2.24, 2.45) is 16.9 Å². The molecule has 34 heavy (non-hydrogen) atoms. The summed E-state index contributed by atoms with van der Waals surface area (Å²) in [7, 11) is -3.54. The summed E-state index contributed by atoms with van der Waals surface area (Å²) in [4.78, 5) is 4.91. The lowest BCUT2D eigenvalue weighted by molar-refractivity contribution is 0.222. The van der Waals surface area contributed by atoms with Gasteiger partial charge in [0.2, 0.25) is 15.2 Å². The summed E-state index contributed by atoms with van der Waals surface area (Å²) in [5.74, 6) is 1.23. The number of hydrogen-bond donors (Lipinski definition) is 1. The monoisotopic (exact) mass is 496 g/mol. The van der Waals surface area contributed by atoms with Crippen LogP contribution in [-0.2, 0) is 10.0 Å². The van der Waals surface area contributed by atoms with Gasteiger partial charge in [0, 0.05) is 24.0 Å². The predicted molar refractivity (Wildman–Crippen MR) is 141 cm³/mol. The zero-order valence-electron chi connectivity index (χ0n) is 20.1. The van der Waals surface area contributed by atoms with Crippen molar-refractivity contribution in [1.82, 2.24) is 9.29 Å². The zero-order valence-corrected chi connectivity index (χ0v) is 21.7. The highest BCUT2D eigenvalue weighted by atomic mass is 32.2. The van der Waals surface area contributed by atoms with Crippen molar-refractivity contribution >= 4 is 32.7 Å². The van der Waals surface area contributed by atoms with Gasteiger partial charge in [0.15, 0.2) is 0 Å². The van der Waals surface area contributed by atoms with E-state index in [1.807, 2.05) is 23.6 Å². The number of hydrazone groups is 1. The van der Waals surface area contributed by atoms with Crippen LogP contribution < -0.4 is 5.43 Å². The zero-order chi connectivity index (χ0) is 24.3. The van der Waals surface area contributed by atoms with Crippen LogP contribution in [0.15, 0.2) is 63.9 Å². The van der Waals surface area contributed by atoms with Gasteiger partial charge in [0.1, 0.15) is 0 Å². The molecule has 1 fully saturated rings. The van der Waals surface area contributed by atoms with Gasteiger partial charge in [0.25, 0.3) is 0 Å². The third-order valence-corrected chi connectivity index (χ3v) is 8.66. The average molecular weight is 497 g/mol. The molecule has 2 heterocycles. The molecule has 1 N–H and O–H groups in total. The Labute approximate surface area is 206 Å². The van der Waals surface area contributed by atoms with E-state index >= 15 is 0 Å². The molecular weight excluding hydrogens is 464 g/mol. The van der Waals surface area contributed by atoms with Crippen LogP contribution in [0.25, 0.3) is 11.3 Å². The van der Waals surface area contributed by atoms with Crippen molar-refractivity contribution in [3.8, 4) is 11.3 Å². The van der Waals surface area contributed by atoms with E-state index in [9.17, 15) is 8.42 Å². The number of nitrogens with zero attached hydrogens (tertiary/aromatic N) is 3. The summed E-state index contributed by atoms with van der Waals surface area (Å²) in [6.45, 7) is 9.71. The van der Waals surface area contributed by atoms with Gasteiger partial charge in [-0.3, -0.25) is 5.43 Å². The highest BCUT2D eigenvalue weighted by molar-refractivity contribution is 7.89.